The van der Waals surface area contributed by atoms with Gasteiger partial charge in [0.2, 0.25) is 0 Å². The Kier molecular flexibility index (Phi) is 4.74. The molecule has 0 spiro atoms. The topological polar surface area (TPSA) is 23.6 Å². The maximum absolute atomic E-state index is 11.3. The van der Waals surface area contributed by atoms with Crippen molar-refractivity contribution in [3.63, 3.8) is 0 Å². The highest BCUT2D eigenvalue weighted by Crippen LogP contribution is 2.12. The van der Waals surface area contributed by atoms with E-state index in [0.29, 0.717) is 30.8 Å². The molecule has 15 heavy (non-hydrogen) atoms. The first-order valence-corrected chi connectivity index (χ1v) is 6.04. The van der Waals surface area contributed by atoms with E-state index in [-0.39, 0.29) is 0 Å². The largest absolute Gasteiger partial charge is 0.298 e. The summed E-state index contributed by atoms with van der Waals surface area (Å²) in [5.74, 6) is 0.361. The molecule has 0 aromatic carbocycles. The number of piperazine rings is 1. The van der Waals surface area contributed by atoms with Crippen molar-refractivity contribution in [3.8, 4) is 0 Å². The van der Waals surface area contributed by atoms with E-state index in [1.807, 2.05) is 6.92 Å². The van der Waals surface area contributed by atoms with E-state index in [4.69, 9.17) is 0 Å². The minimum atomic E-state index is 0.361. The highest BCUT2D eigenvalue weighted by atomic mass is 16.1. The number of nitrogens with zero attached hydrogens (tertiary/aromatic N) is 2. The van der Waals surface area contributed by atoms with Gasteiger partial charge in [-0.1, -0.05) is 6.92 Å². The van der Waals surface area contributed by atoms with Crippen LogP contribution in [0.3, 0.4) is 0 Å². The Morgan fingerprint density at radius 1 is 1.40 bits per heavy atom. The number of Topliss-reactive ketones (excluding diaryl/α,β-unsaturated/α-hetero) is 1. The van der Waals surface area contributed by atoms with Gasteiger partial charge in [0.05, 0.1) is 6.54 Å². The van der Waals surface area contributed by atoms with Crippen LogP contribution in [0.15, 0.2) is 0 Å². The molecule has 0 saturated carbocycles. The first-order valence-electron chi connectivity index (χ1n) is 6.04. The van der Waals surface area contributed by atoms with Crippen molar-refractivity contribution in [3.05, 3.63) is 0 Å². The van der Waals surface area contributed by atoms with E-state index >= 15 is 0 Å². The maximum atomic E-state index is 11.3. The lowest BCUT2D eigenvalue weighted by Gasteiger charge is -2.41. The molecule has 0 bridgehead atoms. The number of carbonyl (C=O) groups is 1. The number of rotatable bonds is 4. The molecule has 0 N–H and O–H groups in total. The van der Waals surface area contributed by atoms with Gasteiger partial charge in [-0.15, -0.1) is 0 Å². The molecule has 1 rings (SSSR count). The second kappa shape index (κ2) is 5.61. The van der Waals surface area contributed by atoms with Gasteiger partial charge in [0.1, 0.15) is 5.78 Å². The Morgan fingerprint density at radius 3 is 2.53 bits per heavy atom. The molecule has 1 aliphatic heterocycles. The van der Waals surface area contributed by atoms with Crippen LogP contribution in [-0.2, 0) is 4.79 Å². The molecular weight excluding hydrogens is 188 g/mol. The second-order valence-electron chi connectivity index (χ2n) is 4.81. The van der Waals surface area contributed by atoms with Crippen molar-refractivity contribution in [2.75, 3.05) is 26.2 Å². The minimum Gasteiger partial charge on any atom is -0.298 e. The normalized spacial score (nSPS) is 24.7. The Balaban J connectivity index is 2.40. The number of hydrogen-bond donors (Lipinski definition) is 0. The van der Waals surface area contributed by atoms with Crippen LogP contribution in [0.4, 0.5) is 0 Å². The number of ketones is 1. The van der Waals surface area contributed by atoms with Gasteiger partial charge in [-0.2, -0.15) is 0 Å². The van der Waals surface area contributed by atoms with Crippen molar-refractivity contribution in [1.29, 1.82) is 0 Å². The highest BCUT2D eigenvalue weighted by molar-refractivity contribution is 5.80. The molecule has 3 nitrogen and oxygen atoms in total. The van der Waals surface area contributed by atoms with Gasteiger partial charge in [0.15, 0.2) is 0 Å². The lowest BCUT2D eigenvalue weighted by molar-refractivity contribution is -0.120. The standard InChI is InChI=1S/C12H24N2O/c1-5-12(15)9-13-6-7-14(10(2)3)11(4)8-13/h10-11H,5-9H2,1-4H3/t11-/m1/s1. The smallest absolute Gasteiger partial charge is 0.146 e. The zero-order chi connectivity index (χ0) is 11.4. The van der Waals surface area contributed by atoms with Gasteiger partial charge in [0.25, 0.3) is 0 Å². The van der Waals surface area contributed by atoms with Crippen molar-refractivity contribution in [2.24, 2.45) is 0 Å². The number of carbonyl (C=O) groups excluding carboxylic acids is 1. The van der Waals surface area contributed by atoms with Crippen LogP contribution < -0.4 is 0 Å². The van der Waals surface area contributed by atoms with E-state index in [1.165, 1.54) is 0 Å². The second-order valence-corrected chi connectivity index (χ2v) is 4.81. The van der Waals surface area contributed by atoms with E-state index < -0.39 is 0 Å². The van der Waals surface area contributed by atoms with Crippen LogP contribution in [0.1, 0.15) is 34.1 Å². The molecule has 1 aliphatic rings. The fourth-order valence-corrected chi connectivity index (χ4v) is 2.32. The monoisotopic (exact) mass is 212 g/mol. The Morgan fingerprint density at radius 2 is 2.07 bits per heavy atom. The zero-order valence-electron chi connectivity index (χ0n) is 10.5. The summed E-state index contributed by atoms with van der Waals surface area (Å²) >= 11 is 0. The molecule has 0 aliphatic carbocycles. The zero-order valence-corrected chi connectivity index (χ0v) is 10.5. The van der Waals surface area contributed by atoms with Gasteiger partial charge < -0.3 is 0 Å². The lowest BCUT2D eigenvalue weighted by atomic mass is 10.1. The molecule has 1 atom stereocenters. The van der Waals surface area contributed by atoms with Gasteiger partial charge >= 0.3 is 0 Å². The molecular formula is C12H24N2O. The summed E-state index contributed by atoms with van der Waals surface area (Å²) in [4.78, 5) is 16.1. The van der Waals surface area contributed by atoms with Crippen LogP contribution >= 0.6 is 0 Å². The summed E-state index contributed by atoms with van der Waals surface area (Å²) < 4.78 is 0. The molecule has 0 amide bonds. The fraction of sp³-hybridized carbons (Fsp3) is 0.917. The van der Waals surface area contributed by atoms with Crippen molar-refractivity contribution >= 4 is 5.78 Å². The molecule has 1 heterocycles. The molecule has 88 valence electrons. The predicted molar refractivity (Wildman–Crippen MR) is 63.0 cm³/mol. The molecule has 1 fully saturated rings. The first kappa shape index (κ1) is 12.7. The summed E-state index contributed by atoms with van der Waals surface area (Å²) in [6.45, 7) is 12.5. The van der Waals surface area contributed by atoms with Crippen molar-refractivity contribution < 1.29 is 4.79 Å². The molecule has 0 aromatic rings. The van der Waals surface area contributed by atoms with Crippen LogP contribution in [0.2, 0.25) is 0 Å². The average molecular weight is 212 g/mol. The quantitative estimate of drug-likeness (QED) is 0.703. The number of hydrogen-bond acceptors (Lipinski definition) is 3. The lowest BCUT2D eigenvalue weighted by Crippen LogP contribution is -2.54. The van der Waals surface area contributed by atoms with Crippen LogP contribution in [0, 0.1) is 0 Å². The van der Waals surface area contributed by atoms with Crippen molar-refractivity contribution in [1.82, 2.24) is 9.80 Å². The van der Waals surface area contributed by atoms with E-state index in [1.54, 1.807) is 0 Å². The Labute approximate surface area is 93.4 Å². The van der Waals surface area contributed by atoms with E-state index in [2.05, 4.69) is 30.6 Å². The summed E-state index contributed by atoms with van der Waals surface area (Å²) in [7, 11) is 0. The van der Waals surface area contributed by atoms with E-state index in [9.17, 15) is 4.79 Å². The Bertz CT molecular complexity index is 216. The third-order valence-electron chi connectivity index (χ3n) is 3.22. The summed E-state index contributed by atoms with van der Waals surface area (Å²) in [5.41, 5.74) is 0. The van der Waals surface area contributed by atoms with Crippen LogP contribution in [-0.4, -0.2) is 53.8 Å². The third-order valence-corrected chi connectivity index (χ3v) is 3.22. The first-order chi connectivity index (χ1) is 7.04. The fourth-order valence-electron chi connectivity index (χ4n) is 2.32. The summed E-state index contributed by atoms with van der Waals surface area (Å²) in [6.07, 6.45) is 0.665. The van der Waals surface area contributed by atoms with Crippen LogP contribution in [0.5, 0.6) is 0 Å². The van der Waals surface area contributed by atoms with Gasteiger partial charge in [-0.3, -0.25) is 14.6 Å². The molecule has 3 heteroatoms. The van der Waals surface area contributed by atoms with Crippen LogP contribution in [0.25, 0.3) is 0 Å². The van der Waals surface area contributed by atoms with E-state index in [0.717, 1.165) is 19.6 Å². The molecule has 0 radical (unpaired) electrons. The third kappa shape index (κ3) is 3.58. The SMILES string of the molecule is CCC(=O)CN1CCN(C(C)C)[C@H](C)C1. The van der Waals surface area contributed by atoms with Crippen molar-refractivity contribution in [2.45, 2.75) is 46.2 Å². The van der Waals surface area contributed by atoms with Gasteiger partial charge in [-0.05, 0) is 20.8 Å². The predicted octanol–water partition coefficient (Wildman–Crippen LogP) is 1.38. The highest BCUT2D eigenvalue weighted by Gasteiger charge is 2.25. The maximum Gasteiger partial charge on any atom is 0.146 e. The molecule has 1 saturated heterocycles. The summed E-state index contributed by atoms with van der Waals surface area (Å²) in [6, 6.07) is 1.19. The molecule has 0 unspecified atom stereocenters. The molecule has 0 aromatic heterocycles. The minimum absolute atomic E-state index is 0.361. The van der Waals surface area contributed by atoms with Gasteiger partial charge in [0, 0.05) is 38.1 Å². The Hall–Kier alpha value is -0.410. The summed E-state index contributed by atoms with van der Waals surface area (Å²) in [5, 5.41) is 0. The van der Waals surface area contributed by atoms with Gasteiger partial charge in [-0.25, -0.2) is 0 Å². The average Bonchev–Trinajstić information content (AvgIpc) is 2.17.